The highest BCUT2D eigenvalue weighted by Crippen LogP contribution is 2.59. The van der Waals surface area contributed by atoms with Crippen LogP contribution in [-0.2, 0) is 16.1 Å². The topological polar surface area (TPSA) is 123 Å². The van der Waals surface area contributed by atoms with Crippen LogP contribution < -0.4 is 5.32 Å². The maximum Gasteiger partial charge on any atom is 0.245 e. The van der Waals surface area contributed by atoms with Crippen LogP contribution in [0.2, 0.25) is 0 Å². The third kappa shape index (κ3) is 4.81. The van der Waals surface area contributed by atoms with E-state index in [1.54, 1.807) is 57.3 Å². The Morgan fingerprint density at radius 3 is 2.46 bits per heavy atom. The molecular weight excluding hydrogens is 501 g/mol. The molecule has 1 N–H and O–H groups in total. The van der Waals surface area contributed by atoms with Gasteiger partial charge in [0.2, 0.25) is 11.8 Å². The third-order valence-corrected chi connectivity index (χ3v) is 7.77. The van der Waals surface area contributed by atoms with Crippen LogP contribution in [0, 0.1) is 12.3 Å². The number of nitrogens with one attached hydrogen (secondary N) is 1. The van der Waals surface area contributed by atoms with Crippen molar-refractivity contribution in [2.75, 3.05) is 0 Å². The Kier molecular flexibility index (Phi) is 6.56. The first-order valence-electron chi connectivity index (χ1n) is 13.0. The average Bonchev–Trinajstić information content (AvgIpc) is 3.25. The van der Waals surface area contributed by atoms with Gasteiger partial charge in [0.25, 0.3) is 0 Å². The third-order valence-electron chi connectivity index (χ3n) is 7.77. The van der Waals surface area contributed by atoms with E-state index in [-0.39, 0.29) is 47.1 Å². The fraction of sp³-hybridized carbons (Fsp3) is 0.464. The van der Waals surface area contributed by atoms with Gasteiger partial charge >= 0.3 is 0 Å². The van der Waals surface area contributed by atoms with Crippen LogP contribution in [0.3, 0.4) is 0 Å². The second kappa shape index (κ2) is 9.62. The number of piperidine rings is 1. The summed E-state index contributed by atoms with van der Waals surface area (Å²) in [5.74, 6) is -0.659. The van der Waals surface area contributed by atoms with Gasteiger partial charge in [-0.15, -0.1) is 0 Å². The number of nitrogens with zero attached hydrogens (tertiary/aromatic N) is 6. The van der Waals surface area contributed by atoms with Gasteiger partial charge in [-0.2, -0.15) is 5.10 Å². The molecule has 1 aliphatic heterocycles. The molecule has 1 saturated heterocycles. The molecule has 204 valence electrons. The molecule has 3 aromatic heterocycles. The Balaban J connectivity index is 1.42. The minimum atomic E-state index is -0.781. The number of carbonyl (C=O) groups excluding carboxylic acids is 3. The van der Waals surface area contributed by atoms with Crippen LogP contribution in [0.1, 0.15) is 63.8 Å². The summed E-state index contributed by atoms with van der Waals surface area (Å²) < 4.78 is 15.8. The van der Waals surface area contributed by atoms with Crippen LogP contribution in [0.25, 0.3) is 22.2 Å². The normalized spacial score (nSPS) is 22.4. The van der Waals surface area contributed by atoms with E-state index in [1.165, 1.54) is 11.6 Å². The van der Waals surface area contributed by atoms with E-state index in [9.17, 15) is 18.8 Å². The number of pyridine rings is 1. The zero-order chi connectivity index (χ0) is 28.2. The van der Waals surface area contributed by atoms with Gasteiger partial charge in [-0.05, 0) is 57.6 Å². The number of ketones is 1. The number of Topliss-reactive ketones (excluding diaryl/α,β-unsaturated/α-hetero) is 1. The molecular formula is C28H32FN7O3. The smallest absolute Gasteiger partial charge is 0.245 e. The number of hydrogen-bond donors (Lipinski definition) is 1. The van der Waals surface area contributed by atoms with E-state index < -0.39 is 12.1 Å². The van der Waals surface area contributed by atoms with Crippen molar-refractivity contribution >= 4 is 28.5 Å². The Labute approximate surface area is 225 Å². The van der Waals surface area contributed by atoms with Gasteiger partial charge in [-0.25, -0.2) is 14.4 Å². The van der Waals surface area contributed by atoms with E-state index in [1.807, 2.05) is 0 Å². The summed E-state index contributed by atoms with van der Waals surface area (Å²) in [4.78, 5) is 53.8. The van der Waals surface area contributed by atoms with E-state index in [0.29, 0.717) is 40.0 Å². The maximum atomic E-state index is 14.4. The predicted molar refractivity (Wildman–Crippen MR) is 142 cm³/mol. The van der Waals surface area contributed by atoms with Crippen molar-refractivity contribution < 1.29 is 18.8 Å². The van der Waals surface area contributed by atoms with E-state index in [4.69, 9.17) is 0 Å². The van der Waals surface area contributed by atoms with Gasteiger partial charge < -0.3 is 10.2 Å². The van der Waals surface area contributed by atoms with Crippen LogP contribution in [-0.4, -0.2) is 65.4 Å². The van der Waals surface area contributed by atoms with E-state index >= 15 is 0 Å². The summed E-state index contributed by atoms with van der Waals surface area (Å²) in [6, 6.07) is 0.201. The molecule has 10 nitrogen and oxygen atoms in total. The highest BCUT2D eigenvalue weighted by Gasteiger charge is 2.64. The molecule has 1 saturated carbocycles. The van der Waals surface area contributed by atoms with Gasteiger partial charge in [-0.3, -0.25) is 24.0 Å². The molecule has 0 bridgehead atoms. The van der Waals surface area contributed by atoms with Crippen molar-refractivity contribution in [3.05, 3.63) is 47.6 Å². The van der Waals surface area contributed by atoms with Gasteiger partial charge in [0.1, 0.15) is 29.9 Å². The molecule has 11 heteroatoms. The highest BCUT2D eigenvalue weighted by atomic mass is 19.1. The maximum absolute atomic E-state index is 14.4. The van der Waals surface area contributed by atoms with Crippen molar-refractivity contribution in [3.8, 4) is 11.3 Å². The zero-order valence-electron chi connectivity index (χ0n) is 22.9. The van der Waals surface area contributed by atoms with Gasteiger partial charge in [0.15, 0.2) is 5.78 Å². The molecule has 0 unspecified atom stereocenters. The highest BCUT2D eigenvalue weighted by molar-refractivity contribution is 6.05. The molecule has 2 amide bonds. The van der Waals surface area contributed by atoms with Crippen molar-refractivity contribution in [1.82, 2.24) is 34.9 Å². The van der Waals surface area contributed by atoms with E-state index in [0.717, 1.165) is 6.42 Å². The first-order valence-corrected chi connectivity index (χ1v) is 13.0. The number of aromatic nitrogens is 5. The lowest BCUT2D eigenvalue weighted by Crippen LogP contribution is -2.50. The summed E-state index contributed by atoms with van der Waals surface area (Å²) in [5.41, 5.74) is 2.39. The Morgan fingerprint density at radius 1 is 1.13 bits per heavy atom. The summed E-state index contributed by atoms with van der Waals surface area (Å²) >= 11 is 0. The second-order valence-corrected chi connectivity index (χ2v) is 11.1. The average molecular weight is 534 g/mol. The monoisotopic (exact) mass is 533 g/mol. The minimum Gasteiger partial charge on any atom is -0.345 e. The van der Waals surface area contributed by atoms with Crippen LogP contribution in [0.4, 0.5) is 4.39 Å². The van der Waals surface area contributed by atoms with Crippen LogP contribution in [0.5, 0.6) is 0 Å². The van der Waals surface area contributed by atoms with Crippen molar-refractivity contribution in [2.45, 2.75) is 79.1 Å². The summed E-state index contributed by atoms with van der Waals surface area (Å²) in [7, 11) is 0. The molecule has 2 fully saturated rings. The number of likely N-dealkylation sites (tertiary alicyclic amines) is 1. The SMILES string of the molecule is CC(=O)c1nn(CC(=O)N2[C@H](C(=O)N[C@@H](C)C(F)=C(C)C)C[C@@]3(C)C[C@@H]23)c2cnc(-c3cnc(C)nc3)cc12. The molecule has 0 spiro atoms. The number of rotatable bonds is 7. The molecule has 1 aliphatic carbocycles. The number of halogens is 1. The summed E-state index contributed by atoms with van der Waals surface area (Å²) in [5, 5.41) is 7.76. The fourth-order valence-corrected chi connectivity index (χ4v) is 5.51. The van der Waals surface area contributed by atoms with Gasteiger partial charge in [0, 0.05) is 36.3 Å². The number of fused-ring (bicyclic) bond motifs is 2. The lowest BCUT2D eigenvalue weighted by Gasteiger charge is -2.28. The standard InChI is InChI=1S/C28H32FN7O3/c1-14(2)25(29)15(3)33-27(39)21-8-28(6)9-23(28)36(21)24(38)13-35-22-12-32-20(18-10-30-17(5)31-11-18)7-19(22)26(34-35)16(4)37/h7,10-12,15,21,23H,8-9,13H2,1-6H3,(H,33,39)/t15-,21-,23+,28-/m0/s1. The molecule has 0 aromatic carbocycles. The number of aryl methyl sites for hydroxylation is 1. The molecule has 2 aliphatic rings. The Morgan fingerprint density at radius 2 is 1.82 bits per heavy atom. The van der Waals surface area contributed by atoms with Crippen LogP contribution in [0.15, 0.2) is 36.1 Å². The number of carbonyl (C=O) groups is 3. The molecule has 3 aromatic rings. The quantitative estimate of drug-likeness (QED) is 0.461. The number of allylic oxidation sites excluding steroid dienone is 1. The van der Waals surface area contributed by atoms with Crippen LogP contribution >= 0.6 is 0 Å². The predicted octanol–water partition coefficient (Wildman–Crippen LogP) is 3.55. The Hall–Kier alpha value is -4.02. The number of hydrogen-bond acceptors (Lipinski definition) is 7. The first kappa shape index (κ1) is 26.6. The Bertz CT molecular complexity index is 1530. The number of amides is 2. The fourth-order valence-electron chi connectivity index (χ4n) is 5.51. The van der Waals surface area contributed by atoms with Crippen molar-refractivity contribution in [3.63, 3.8) is 0 Å². The summed E-state index contributed by atoms with van der Waals surface area (Å²) in [6.45, 7) is 10.00. The molecule has 4 heterocycles. The van der Waals surface area contributed by atoms with Crippen molar-refractivity contribution in [2.24, 2.45) is 5.41 Å². The van der Waals surface area contributed by atoms with E-state index in [2.05, 4.69) is 32.3 Å². The lowest BCUT2D eigenvalue weighted by molar-refractivity contribution is -0.140. The second-order valence-electron chi connectivity index (χ2n) is 11.1. The first-order chi connectivity index (χ1) is 18.4. The summed E-state index contributed by atoms with van der Waals surface area (Å²) in [6.07, 6.45) is 6.22. The lowest BCUT2D eigenvalue weighted by atomic mass is 10.0. The minimum absolute atomic E-state index is 0.0651. The van der Waals surface area contributed by atoms with Crippen molar-refractivity contribution in [1.29, 1.82) is 0 Å². The largest absolute Gasteiger partial charge is 0.345 e. The molecule has 39 heavy (non-hydrogen) atoms. The molecule has 0 radical (unpaired) electrons. The van der Waals surface area contributed by atoms with Gasteiger partial charge in [0.05, 0.1) is 23.4 Å². The van der Waals surface area contributed by atoms with Gasteiger partial charge in [-0.1, -0.05) is 6.92 Å². The molecule has 5 rings (SSSR count). The molecule has 4 atom stereocenters. The zero-order valence-corrected chi connectivity index (χ0v) is 22.9.